The molecule has 2 atom stereocenters. The summed E-state index contributed by atoms with van der Waals surface area (Å²) in [6.45, 7) is 1.29. The highest BCUT2D eigenvalue weighted by Gasteiger charge is 2.23. The smallest absolute Gasteiger partial charge is 0.325 e. The van der Waals surface area contributed by atoms with E-state index in [0.717, 1.165) is 57.8 Å². The van der Waals surface area contributed by atoms with Gasteiger partial charge in [-0.2, -0.15) is 8.42 Å². The number of sulfonamides is 1. The topological polar surface area (TPSA) is 286 Å². The molecule has 6 N–H and O–H groups in total. The summed E-state index contributed by atoms with van der Waals surface area (Å²) in [6, 6.07) is -1.12. The van der Waals surface area contributed by atoms with E-state index in [1.807, 2.05) is 0 Å². The first kappa shape index (κ1) is 53.8. The summed E-state index contributed by atoms with van der Waals surface area (Å²) in [5.74, 6) is -6.22. The Morgan fingerprint density at radius 1 is 0.579 bits per heavy atom. The molecule has 0 rings (SSSR count). The van der Waals surface area contributed by atoms with Crippen molar-refractivity contribution in [1.82, 2.24) is 15.4 Å². The lowest BCUT2D eigenvalue weighted by atomic mass is 9.97. The van der Waals surface area contributed by atoms with Gasteiger partial charge >= 0.3 is 11.9 Å². The number of rotatable bonds is 39. The van der Waals surface area contributed by atoms with Crippen LogP contribution in [-0.2, 0) is 58.4 Å². The maximum Gasteiger partial charge on any atom is 0.325 e. The summed E-state index contributed by atoms with van der Waals surface area (Å²) in [7, 11) is -7.70. The van der Waals surface area contributed by atoms with E-state index in [4.69, 9.17) is 19.1 Å². The van der Waals surface area contributed by atoms with Gasteiger partial charge in [0.15, 0.2) is 5.78 Å². The van der Waals surface area contributed by atoms with E-state index in [1.54, 1.807) is 0 Å². The van der Waals surface area contributed by atoms with Crippen LogP contribution in [-0.4, -0.2) is 118 Å². The maximum absolute atomic E-state index is 12.2. The van der Waals surface area contributed by atoms with Gasteiger partial charge in [-0.15, -0.1) is 0 Å². The van der Waals surface area contributed by atoms with Crippen LogP contribution in [0, 0.1) is 5.92 Å². The molecular formula is C37H67N3O15S2. The monoisotopic (exact) mass is 857 g/mol. The normalized spacial score (nSPS) is 12.7. The SMILES string of the molecule is CC(NC(=O)CC[C@H](CC(=O)COCCOCCNC(=O)CCCS(=O)(=O)NC(=O)CCCCCCCCCCCCCCCCCS(=O)(=O)O)C(=O)O)C(=O)O. The average molecular weight is 858 g/mol. The number of carbonyl (C=O) groups excluding carboxylic acids is 4. The van der Waals surface area contributed by atoms with Crippen molar-refractivity contribution < 1.29 is 69.8 Å². The number of carboxylic acid groups (broad SMARTS) is 2. The minimum Gasteiger partial charge on any atom is -0.481 e. The quantitative estimate of drug-likeness (QED) is 0.0381. The van der Waals surface area contributed by atoms with Crippen molar-refractivity contribution in [2.45, 2.75) is 148 Å². The average Bonchev–Trinajstić information content (AvgIpc) is 3.11. The lowest BCUT2D eigenvalue weighted by Gasteiger charge is -2.13. The second kappa shape index (κ2) is 32.7. The first-order chi connectivity index (χ1) is 26.9. The third kappa shape index (κ3) is 35.7. The Bertz CT molecular complexity index is 1410. The molecule has 0 aromatic rings. The highest BCUT2D eigenvalue weighted by Crippen LogP contribution is 2.15. The number of carboxylic acids is 2. The molecule has 0 aromatic carbocycles. The summed E-state index contributed by atoms with van der Waals surface area (Å²) in [6.07, 6.45) is 14.4. The van der Waals surface area contributed by atoms with E-state index in [0.29, 0.717) is 12.8 Å². The molecular weight excluding hydrogens is 791 g/mol. The fourth-order valence-corrected chi connectivity index (χ4v) is 7.29. The van der Waals surface area contributed by atoms with Gasteiger partial charge in [-0.25, -0.2) is 8.42 Å². The second-order valence-electron chi connectivity index (χ2n) is 14.2. The maximum atomic E-state index is 12.2. The summed E-state index contributed by atoms with van der Waals surface area (Å²) in [4.78, 5) is 70.3. The molecule has 0 spiro atoms. The van der Waals surface area contributed by atoms with Crippen molar-refractivity contribution in [1.29, 1.82) is 0 Å². The minimum absolute atomic E-state index is 0.0237. The molecule has 0 aromatic heterocycles. The lowest BCUT2D eigenvalue weighted by Crippen LogP contribution is -2.38. The number of nitrogens with one attached hydrogen (secondary N) is 3. The van der Waals surface area contributed by atoms with Crippen molar-refractivity contribution in [3.8, 4) is 0 Å². The Kier molecular flexibility index (Phi) is 30.9. The zero-order valence-electron chi connectivity index (χ0n) is 33.5. The van der Waals surface area contributed by atoms with Crippen LogP contribution in [0.4, 0.5) is 0 Å². The van der Waals surface area contributed by atoms with Crippen LogP contribution in [0.2, 0.25) is 0 Å². The van der Waals surface area contributed by atoms with Gasteiger partial charge in [-0.05, 0) is 32.6 Å². The van der Waals surface area contributed by atoms with Crippen LogP contribution < -0.4 is 15.4 Å². The van der Waals surface area contributed by atoms with Crippen LogP contribution >= 0.6 is 0 Å². The number of aliphatic carboxylic acids is 2. The van der Waals surface area contributed by atoms with Crippen LogP contribution in [0.3, 0.4) is 0 Å². The van der Waals surface area contributed by atoms with E-state index in [1.165, 1.54) is 32.6 Å². The fraction of sp³-hybridized carbons (Fsp3) is 0.838. The largest absolute Gasteiger partial charge is 0.481 e. The molecule has 0 saturated carbocycles. The first-order valence-corrected chi connectivity index (χ1v) is 23.3. The number of carbonyl (C=O) groups is 6. The van der Waals surface area contributed by atoms with E-state index in [2.05, 4.69) is 15.4 Å². The number of ether oxygens (including phenoxy) is 2. The fourth-order valence-electron chi connectivity index (χ4n) is 5.65. The molecule has 0 aliphatic rings. The Balaban J connectivity index is 3.78. The number of amides is 3. The lowest BCUT2D eigenvalue weighted by molar-refractivity contribution is -0.145. The molecule has 0 radical (unpaired) electrons. The summed E-state index contributed by atoms with van der Waals surface area (Å²) < 4.78 is 67.1. The number of hydrogen-bond donors (Lipinski definition) is 6. The van der Waals surface area contributed by atoms with Gasteiger partial charge in [0.25, 0.3) is 10.1 Å². The molecule has 332 valence electrons. The van der Waals surface area contributed by atoms with E-state index >= 15 is 0 Å². The third-order valence-corrected chi connectivity index (χ3v) is 11.1. The number of ketones is 1. The third-order valence-electron chi connectivity index (χ3n) is 8.89. The molecule has 0 fully saturated rings. The van der Waals surface area contributed by atoms with Crippen LogP contribution in [0.5, 0.6) is 0 Å². The molecule has 3 amide bonds. The molecule has 1 unspecified atom stereocenters. The Morgan fingerprint density at radius 2 is 1.09 bits per heavy atom. The molecule has 0 heterocycles. The van der Waals surface area contributed by atoms with Crippen molar-refractivity contribution in [2.75, 3.05) is 44.5 Å². The predicted octanol–water partition coefficient (Wildman–Crippen LogP) is 3.52. The molecule has 0 aliphatic heterocycles. The Hall–Kier alpha value is -3.20. The van der Waals surface area contributed by atoms with Crippen LogP contribution in [0.25, 0.3) is 0 Å². The summed E-state index contributed by atoms with van der Waals surface area (Å²) in [5, 5.41) is 23.0. The van der Waals surface area contributed by atoms with Gasteiger partial charge in [0.05, 0.1) is 37.2 Å². The van der Waals surface area contributed by atoms with Gasteiger partial charge in [-0.1, -0.05) is 83.5 Å². The standard InChI is InChI=1S/C37H67N3O15S2/c1-30(36(45)46)39-34(43)21-20-31(37(47)48)28-32(41)29-55-25-24-54-23-22-38-33(42)19-17-26-56(49,50)40-35(44)18-15-13-11-9-7-5-3-2-4-6-8-10-12-14-16-27-57(51,52)53/h30-31H,2-29H2,1H3,(H,38,42)(H,39,43)(H,40,44)(H,45,46)(H,47,48)(H,51,52,53)/t30?,31-/m1/s1. The minimum atomic E-state index is -3.86. The summed E-state index contributed by atoms with van der Waals surface area (Å²) >= 11 is 0. The Labute approximate surface area is 338 Å². The second-order valence-corrected chi connectivity index (χ2v) is 17.7. The summed E-state index contributed by atoms with van der Waals surface area (Å²) in [5.41, 5.74) is 0. The van der Waals surface area contributed by atoms with Crippen molar-refractivity contribution >= 4 is 55.6 Å². The van der Waals surface area contributed by atoms with E-state index in [9.17, 15) is 50.7 Å². The van der Waals surface area contributed by atoms with E-state index < -0.39 is 61.6 Å². The molecule has 0 aliphatic carbocycles. The van der Waals surface area contributed by atoms with Crippen LogP contribution in [0.1, 0.15) is 142 Å². The number of hydrogen-bond acceptors (Lipinski definition) is 12. The zero-order chi connectivity index (χ0) is 43.0. The van der Waals surface area contributed by atoms with Gasteiger partial charge in [-0.3, -0.25) is 38.0 Å². The Morgan fingerprint density at radius 3 is 1.61 bits per heavy atom. The highest BCUT2D eigenvalue weighted by atomic mass is 32.2. The molecule has 0 bridgehead atoms. The zero-order valence-corrected chi connectivity index (χ0v) is 35.1. The number of unbranched alkanes of at least 4 members (excludes halogenated alkanes) is 14. The molecule has 57 heavy (non-hydrogen) atoms. The van der Waals surface area contributed by atoms with Gasteiger partial charge in [0, 0.05) is 32.2 Å². The highest BCUT2D eigenvalue weighted by molar-refractivity contribution is 7.90. The molecule has 0 saturated heterocycles. The van der Waals surface area contributed by atoms with Crippen molar-refractivity contribution in [2.24, 2.45) is 5.92 Å². The van der Waals surface area contributed by atoms with Gasteiger partial charge < -0.3 is 30.3 Å². The first-order valence-electron chi connectivity index (χ1n) is 20.1. The molecule has 20 heteroatoms. The van der Waals surface area contributed by atoms with Crippen LogP contribution in [0.15, 0.2) is 0 Å². The number of Topliss-reactive ketones (excluding diaryl/α,β-unsaturated/α-hetero) is 1. The van der Waals surface area contributed by atoms with E-state index in [-0.39, 0.29) is 88.9 Å². The van der Waals surface area contributed by atoms with Gasteiger partial charge in [0.2, 0.25) is 27.7 Å². The molecule has 18 nitrogen and oxygen atoms in total. The van der Waals surface area contributed by atoms with Gasteiger partial charge in [0.1, 0.15) is 12.6 Å². The van der Waals surface area contributed by atoms with Crippen molar-refractivity contribution in [3.63, 3.8) is 0 Å². The predicted molar refractivity (Wildman–Crippen MR) is 211 cm³/mol. The van der Waals surface area contributed by atoms with Crippen molar-refractivity contribution in [3.05, 3.63) is 0 Å².